The van der Waals surface area contributed by atoms with E-state index in [1.54, 1.807) is 13.2 Å². The van der Waals surface area contributed by atoms with E-state index in [-0.39, 0.29) is 23.5 Å². The number of sulfone groups is 1. The standard InChI is InChI=1S/C15H20N4O4S2/c1-9-12(4-6-23-9)13-17-18-15(19(13)3)24-10(2)14(20)16-11-5-7-25(21,22)8-11/h4,6,10-11H,5,7-8H2,1-3H3,(H,16,20)/t10-,11-/m0/s1. The third kappa shape index (κ3) is 3.90. The van der Waals surface area contributed by atoms with E-state index >= 15 is 0 Å². The molecule has 2 aromatic rings. The van der Waals surface area contributed by atoms with Crippen LogP contribution < -0.4 is 5.32 Å². The molecule has 136 valence electrons. The molecular formula is C15H20N4O4S2. The second-order valence-electron chi connectivity index (χ2n) is 6.12. The smallest absolute Gasteiger partial charge is 0.233 e. The number of hydrogen-bond donors (Lipinski definition) is 1. The maximum Gasteiger partial charge on any atom is 0.233 e. The van der Waals surface area contributed by atoms with Crippen LogP contribution in [0, 0.1) is 6.92 Å². The third-order valence-corrected chi connectivity index (χ3v) is 7.07. The number of thioether (sulfide) groups is 1. The summed E-state index contributed by atoms with van der Waals surface area (Å²) < 4.78 is 30.1. The van der Waals surface area contributed by atoms with E-state index in [1.807, 2.05) is 24.6 Å². The van der Waals surface area contributed by atoms with Crippen LogP contribution in [0.25, 0.3) is 11.4 Å². The van der Waals surface area contributed by atoms with Gasteiger partial charge in [0.05, 0.1) is 28.6 Å². The predicted octanol–water partition coefficient (Wildman–Crippen LogP) is 1.17. The first-order chi connectivity index (χ1) is 11.8. The molecule has 2 aromatic heterocycles. The average Bonchev–Trinajstić information content (AvgIpc) is 3.20. The molecule has 3 heterocycles. The number of carbonyl (C=O) groups is 1. The highest BCUT2D eigenvalue weighted by Gasteiger charge is 2.30. The molecule has 1 aliphatic heterocycles. The number of nitrogens with zero attached hydrogens (tertiary/aromatic N) is 3. The Balaban J connectivity index is 1.65. The van der Waals surface area contributed by atoms with Crippen molar-refractivity contribution < 1.29 is 17.6 Å². The van der Waals surface area contributed by atoms with Crippen LogP contribution in [0.2, 0.25) is 0 Å². The lowest BCUT2D eigenvalue weighted by Gasteiger charge is -2.15. The highest BCUT2D eigenvalue weighted by atomic mass is 32.2. The molecule has 10 heteroatoms. The summed E-state index contributed by atoms with van der Waals surface area (Å²) in [5.74, 6) is 1.37. The molecule has 3 rings (SSSR count). The molecule has 25 heavy (non-hydrogen) atoms. The lowest BCUT2D eigenvalue weighted by Crippen LogP contribution is -2.40. The summed E-state index contributed by atoms with van der Waals surface area (Å²) in [5, 5.41) is 11.3. The average molecular weight is 384 g/mol. The van der Waals surface area contributed by atoms with Crippen molar-refractivity contribution in [3.8, 4) is 11.4 Å². The summed E-state index contributed by atoms with van der Waals surface area (Å²) in [4.78, 5) is 12.3. The number of rotatable bonds is 5. The molecule has 0 aliphatic carbocycles. The second kappa shape index (κ2) is 6.83. The molecular weight excluding hydrogens is 364 g/mol. The van der Waals surface area contributed by atoms with Crippen molar-refractivity contribution in [2.24, 2.45) is 7.05 Å². The van der Waals surface area contributed by atoms with Crippen molar-refractivity contribution in [3.05, 3.63) is 18.1 Å². The van der Waals surface area contributed by atoms with Gasteiger partial charge in [-0.3, -0.25) is 4.79 Å². The summed E-state index contributed by atoms with van der Waals surface area (Å²) in [6, 6.07) is 1.52. The minimum Gasteiger partial charge on any atom is -0.469 e. The summed E-state index contributed by atoms with van der Waals surface area (Å²) in [6.45, 7) is 3.61. The van der Waals surface area contributed by atoms with Gasteiger partial charge in [-0.15, -0.1) is 10.2 Å². The van der Waals surface area contributed by atoms with Crippen molar-refractivity contribution in [3.63, 3.8) is 0 Å². The zero-order chi connectivity index (χ0) is 18.2. The molecule has 0 spiro atoms. The number of aromatic nitrogens is 3. The van der Waals surface area contributed by atoms with E-state index in [0.717, 1.165) is 11.3 Å². The van der Waals surface area contributed by atoms with Crippen LogP contribution in [-0.4, -0.2) is 51.9 Å². The van der Waals surface area contributed by atoms with Crippen molar-refractivity contribution in [1.29, 1.82) is 0 Å². The molecule has 2 atom stereocenters. The summed E-state index contributed by atoms with van der Waals surface area (Å²) in [6.07, 6.45) is 2.07. The van der Waals surface area contributed by atoms with Crippen molar-refractivity contribution in [2.75, 3.05) is 11.5 Å². The Morgan fingerprint density at radius 1 is 1.48 bits per heavy atom. The molecule has 1 N–H and O–H groups in total. The molecule has 1 saturated heterocycles. The Morgan fingerprint density at radius 2 is 2.24 bits per heavy atom. The SMILES string of the molecule is Cc1occc1-c1nnc(S[C@@H](C)C(=O)N[C@H]2CCS(=O)(=O)C2)n1C. The number of hydrogen-bond acceptors (Lipinski definition) is 7. The van der Waals surface area contributed by atoms with Gasteiger partial charge in [0.1, 0.15) is 5.76 Å². The van der Waals surface area contributed by atoms with Gasteiger partial charge >= 0.3 is 0 Å². The van der Waals surface area contributed by atoms with Crippen LogP contribution in [0.5, 0.6) is 0 Å². The topological polar surface area (TPSA) is 107 Å². The quantitative estimate of drug-likeness (QED) is 0.771. The van der Waals surface area contributed by atoms with Gasteiger partial charge in [0.25, 0.3) is 0 Å². The van der Waals surface area contributed by atoms with Gasteiger partial charge in [-0.05, 0) is 26.3 Å². The summed E-state index contributed by atoms with van der Waals surface area (Å²) >= 11 is 1.28. The normalized spacial score (nSPS) is 20.5. The minimum absolute atomic E-state index is 0.0179. The van der Waals surface area contributed by atoms with Crippen LogP contribution in [0.15, 0.2) is 21.9 Å². The number of nitrogens with one attached hydrogen (secondary N) is 1. The molecule has 0 bridgehead atoms. The highest BCUT2D eigenvalue weighted by Crippen LogP contribution is 2.28. The predicted molar refractivity (Wildman–Crippen MR) is 94.0 cm³/mol. The summed E-state index contributed by atoms with van der Waals surface area (Å²) in [5.41, 5.74) is 0.857. The maximum atomic E-state index is 12.3. The molecule has 1 fully saturated rings. The van der Waals surface area contributed by atoms with E-state index < -0.39 is 15.1 Å². The zero-order valence-electron chi connectivity index (χ0n) is 14.2. The molecule has 0 radical (unpaired) electrons. The van der Waals surface area contributed by atoms with Gasteiger partial charge in [-0.1, -0.05) is 11.8 Å². The lowest BCUT2D eigenvalue weighted by atomic mass is 10.2. The lowest BCUT2D eigenvalue weighted by molar-refractivity contribution is -0.120. The van der Waals surface area contributed by atoms with E-state index in [0.29, 0.717) is 17.4 Å². The molecule has 8 nitrogen and oxygen atoms in total. The Morgan fingerprint density at radius 3 is 2.84 bits per heavy atom. The molecule has 0 aromatic carbocycles. The third-order valence-electron chi connectivity index (χ3n) is 4.16. The van der Waals surface area contributed by atoms with E-state index in [1.165, 1.54) is 11.8 Å². The first-order valence-electron chi connectivity index (χ1n) is 7.88. The van der Waals surface area contributed by atoms with Crippen molar-refractivity contribution >= 4 is 27.5 Å². The monoisotopic (exact) mass is 384 g/mol. The molecule has 0 unspecified atom stereocenters. The molecule has 1 aliphatic rings. The largest absolute Gasteiger partial charge is 0.469 e. The first-order valence-corrected chi connectivity index (χ1v) is 10.6. The fraction of sp³-hybridized carbons (Fsp3) is 0.533. The van der Waals surface area contributed by atoms with Gasteiger partial charge in [0.15, 0.2) is 20.8 Å². The second-order valence-corrected chi connectivity index (χ2v) is 9.66. The fourth-order valence-electron chi connectivity index (χ4n) is 2.71. The number of amides is 1. The first kappa shape index (κ1) is 18.0. The van der Waals surface area contributed by atoms with E-state index in [4.69, 9.17) is 4.42 Å². The molecule has 0 saturated carbocycles. The maximum absolute atomic E-state index is 12.3. The van der Waals surface area contributed by atoms with Crippen LogP contribution >= 0.6 is 11.8 Å². The van der Waals surface area contributed by atoms with Gasteiger partial charge < -0.3 is 14.3 Å². The van der Waals surface area contributed by atoms with Gasteiger partial charge in [0.2, 0.25) is 5.91 Å². The number of carbonyl (C=O) groups excluding carboxylic acids is 1. The van der Waals surface area contributed by atoms with Crippen molar-refractivity contribution in [2.45, 2.75) is 36.7 Å². The zero-order valence-corrected chi connectivity index (χ0v) is 15.9. The van der Waals surface area contributed by atoms with Crippen molar-refractivity contribution in [1.82, 2.24) is 20.1 Å². The fourth-order valence-corrected chi connectivity index (χ4v) is 5.21. The van der Waals surface area contributed by atoms with Gasteiger partial charge in [-0.25, -0.2) is 8.42 Å². The minimum atomic E-state index is -3.02. The van der Waals surface area contributed by atoms with E-state index in [9.17, 15) is 13.2 Å². The Bertz CT molecular complexity index is 887. The van der Waals surface area contributed by atoms with Gasteiger partial charge in [0, 0.05) is 13.1 Å². The van der Waals surface area contributed by atoms with Crippen LogP contribution in [0.1, 0.15) is 19.1 Å². The Hall–Kier alpha value is -1.81. The Kier molecular flexibility index (Phi) is 4.92. The summed E-state index contributed by atoms with van der Waals surface area (Å²) in [7, 11) is -1.18. The Labute approximate surface area is 150 Å². The van der Waals surface area contributed by atoms with Crippen LogP contribution in [0.3, 0.4) is 0 Å². The van der Waals surface area contributed by atoms with Crippen LogP contribution in [0.4, 0.5) is 0 Å². The number of aryl methyl sites for hydroxylation is 1. The molecule has 1 amide bonds. The van der Waals surface area contributed by atoms with Gasteiger partial charge in [-0.2, -0.15) is 0 Å². The van der Waals surface area contributed by atoms with Crippen LogP contribution in [-0.2, 0) is 21.7 Å². The number of furan rings is 1. The van der Waals surface area contributed by atoms with E-state index in [2.05, 4.69) is 15.5 Å². The highest BCUT2D eigenvalue weighted by molar-refractivity contribution is 8.00.